The van der Waals surface area contributed by atoms with Gasteiger partial charge in [0, 0.05) is 37.1 Å². The quantitative estimate of drug-likeness (QED) is 0.852. The number of carbonyl (C=O) groups is 2. The molecule has 1 saturated heterocycles. The molecule has 2 heterocycles. The maximum atomic E-state index is 12.7. The summed E-state index contributed by atoms with van der Waals surface area (Å²) in [6.07, 6.45) is 1.62. The third kappa shape index (κ3) is 4.24. The lowest BCUT2D eigenvalue weighted by Crippen LogP contribution is -2.46. The number of benzene rings is 1. The van der Waals surface area contributed by atoms with Gasteiger partial charge in [0.25, 0.3) is 5.91 Å². The van der Waals surface area contributed by atoms with E-state index < -0.39 is 0 Å². The van der Waals surface area contributed by atoms with Crippen molar-refractivity contribution in [3.05, 3.63) is 41.4 Å². The molecule has 0 spiro atoms. The minimum atomic E-state index is -0.170. The summed E-state index contributed by atoms with van der Waals surface area (Å²) >= 11 is 1.46. The van der Waals surface area contributed by atoms with Crippen LogP contribution in [0.1, 0.15) is 23.3 Å². The Labute approximate surface area is 151 Å². The number of rotatable bonds is 5. The molecule has 3 N–H and O–H groups in total. The zero-order chi connectivity index (χ0) is 17.6. The topological polar surface area (TPSA) is 88.3 Å². The van der Waals surface area contributed by atoms with E-state index in [9.17, 15) is 9.59 Å². The van der Waals surface area contributed by atoms with Crippen LogP contribution in [0.4, 0.5) is 0 Å². The van der Waals surface area contributed by atoms with Crippen molar-refractivity contribution >= 4 is 23.2 Å². The van der Waals surface area contributed by atoms with Crippen molar-refractivity contribution < 1.29 is 9.59 Å². The summed E-state index contributed by atoms with van der Waals surface area (Å²) in [6.45, 7) is 1.99. The average molecular weight is 358 g/mol. The van der Waals surface area contributed by atoms with Gasteiger partial charge in [0.05, 0.1) is 5.92 Å². The first kappa shape index (κ1) is 17.6. The van der Waals surface area contributed by atoms with E-state index in [1.807, 2.05) is 30.3 Å². The van der Waals surface area contributed by atoms with Gasteiger partial charge < -0.3 is 16.0 Å². The minimum Gasteiger partial charge on any atom is -0.355 e. The maximum absolute atomic E-state index is 12.7. The predicted octanol–water partition coefficient (Wildman–Crippen LogP) is 1.74. The van der Waals surface area contributed by atoms with E-state index in [1.165, 1.54) is 11.3 Å². The van der Waals surface area contributed by atoms with Crippen molar-refractivity contribution in [1.29, 1.82) is 0 Å². The Balaban J connectivity index is 1.66. The van der Waals surface area contributed by atoms with Gasteiger partial charge in [-0.1, -0.05) is 30.3 Å². The van der Waals surface area contributed by atoms with Crippen LogP contribution in [0.15, 0.2) is 35.7 Å². The van der Waals surface area contributed by atoms with E-state index in [4.69, 9.17) is 5.73 Å². The van der Waals surface area contributed by atoms with Crippen LogP contribution in [0.3, 0.4) is 0 Å². The molecule has 1 aliphatic rings. The molecule has 0 radical (unpaired) electrons. The van der Waals surface area contributed by atoms with Gasteiger partial charge in [0.1, 0.15) is 10.7 Å². The molecular formula is C18H22N4O2S. The average Bonchev–Trinajstić information content (AvgIpc) is 3.16. The number of amides is 2. The van der Waals surface area contributed by atoms with Crippen LogP contribution in [0.5, 0.6) is 0 Å². The molecule has 0 saturated carbocycles. The fourth-order valence-electron chi connectivity index (χ4n) is 2.96. The number of nitrogens with one attached hydrogen (secondary N) is 1. The Morgan fingerprint density at radius 2 is 2.12 bits per heavy atom. The van der Waals surface area contributed by atoms with Crippen molar-refractivity contribution in [2.45, 2.75) is 12.8 Å². The molecule has 7 heteroatoms. The zero-order valence-electron chi connectivity index (χ0n) is 14.0. The Morgan fingerprint density at radius 3 is 2.88 bits per heavy atom. The van der Waals surface area contributed by atoms with E-state index in [-0.39, 0.29) is 17.7 Å². The molecule has 2 amide bonds. The first-order valence-corrected chi connectivity index (χ1v) is 9.35. The predicted molar refractivity (Wildman–Crippen MR) is 98.2 cm³/mol. The van der Waals surface area contributed by atoms with E-state index in [2.05, 4.69) is 10.3 Å². The summed E-state index contributed by atoms with van der Waals surface area (Å²) in [6, 6.07) is 9.81. The molecule has 3 rings (SSSR count). The number of hydrogen-bond donors (Lipinski definition) is 2. The molecule has 2 aromatic rings. The summed E-state index contributed by atoms with van der Waals surface area (Å²) < 4.78 is 0. The van der Waals surface area contributed by atoms with Crippen LogP contribution >= 0.6 is 11.3 Å². The normalized spacial score (nSPS) is 17.3. The van der Waals surface area contributed by atoms with Crippen molar-refractivity contribution in [2.75, 3.05) is 26.2 Å². The largest absolute Gasteiger partial charge is 0.355 e. The van der Waals surface area contributed by atoms with E-state index in [1.54, 1.807) is 10.3 Å². The highest BCUT2D eigenvalue weighted by atomic mass is 32.1. The lowest BCUT2D eigenvalue weighted by atomic mass is 9.97. The Morgan fingerprint density at radius 1 is 1.32 bits per heavy atom. The maximum Gasteiger partial charge on any atom is 0.273 e. The Hall–Kier alpha value is -2.25. The fourth-order valence-corrected chi connectivity index (χ4v) is 3.76. The van der Waals surface area contributed by atoms with Crippen LogP contribution in [-0.2, 0) is 4.79 Å². The van der Waals surface area contributed by atoms with Gasteiger partial charge in [0.15, 0.2) is 0 Å². The van der Waals surface area contributed by atoms with Gasteiger partial charge in [-0.25, -0.2) is 4.98 Å². The molecule has 6 nitrogen and oxygen atoms in total. The van der Waals surface area contributed by atoms with Crippen LogP contribution in [-0.4, -0.2) is 47.9 Å². The van der Waals surface area contributed by atoms with Crippen molar-refractivity contribution in [3.63, 3.8) is 0 Å². The molecule has 0 aliphatic carbocycles. The van der Waals surface area contributed by atoms with E-state index >= 15 is 0 Å². The molecule has 1 aromatic heterocycles. The highest BCUT2D eigenvalue weighted by molar-refractivity contribution is 7.13. The number of carbonyl (C=O) groups excluding carboxylic acids is 2. The van der Waals surface area contributed by atoms with Crippen molar-refractivity contribution in [3.8, 4) is 10.6 Å². The van der Waals surface area contributed by atoms with Gasteiger partial charge in [-0.05, 0) is 12.8 Å². The van der Waals surface area contributed by atoms with Gasteiger partial charge in [-0.15, -0.1) is 11.3 Å². The van der Waals surface area contributed by atoms with Gasteiger partial charge in [-0.3, -0.25) is 9.59 Å². The zero-order valence-corrected chi connectivity index (χ0v) is 14.8. The van der Waals surface area contributed by atoms with Crippen LogP contribution in [0.25, 0.3) is 10.6 Å². The first-order valence-electron chi connectivity index (χ1n) is 8.47. The molecule has 25 heavy (non-hydrogen) atoms. The second-order valence-corrected chi connectivity index (χ2v) is 6.93. The molecule has 132 valence electrons. The number of likely N-dealkylation sites (tertiary alicyclic amines) is 1. The van der Waals surface area contributed by atoms with Gasteiger partial charge in [-0.2, -0.15) is 0 Å². The summed E-state index contributed by atoms with van der Waals surface area (Å²) in [5.74, 6) is -0.294. The lowest BCUT2D eigenvalue weighted by molar-refractivity contribution is -0.126. The second kappa shape index (κ2) is 8.22. The van der Waals surface area contributed by atoms with Gasteiger partial charge in [0.2, 0.25) is 5.91 Å². The summed E-state index contributed by atoms with van der Waals surface area (Å²) in [4.78, 5) is 31.1. The van der Waals surface area contributed by atoms with Crippen molar-refractivity contribution in [2.24, 2.45) is 11.7 Å². The van der Waals surface area contributed by atoms with Crippen LogP contribution < -0.4 is 11.1 Å². The van der Waals surface area contributed by atoms with E-state index in [0.717, 1.165) is 23.4 Å². The second-order valence-electron chi connectivity index (χ2n) is 6.07. The highest BCUT2D eigenvalue weighted by Crippen LogP contribution is 2.25. The molecule has 1 aliphatic heterocycles. The lowest BCUT2D eigenvalue weighted by Gasteiger charge is -2.31. The SMILES string of the molecule is NCCNC(=O)C1CCCN(C(=O)c2csc(-c3ccccc3)n2)C1. The van der Waals surface area contributed by atoms with Gasteiger partial charge >= 0.3 is 0 Å². The first-order chi connectivity index (χ1) is 12.2. The third-order valence-corrected chi connectivity index (χ3v) is 5.16. The molecule has 0 bridgehead atoms. The molecule has 1 unspecified atom stereocenters. The third-order valence-electron chi connectivity index (χ3n) is 4.27. The number of piperidine rings is 1. The summed E-state index contributed by atoms with van der Waals surface area (Å²) in [5, 5.41) is 5.44. The Bertz CT molecular complexity index is 732. The highest BCUT2D eigenvalue weighted by Gasteiger charge is 2.29. The van der Waals surface area contributed by atoms with Crippen LogP contribution in [0.2, 0.25) is 0 Å². The summed E-state index contributed by atoms with van der Waals surface area (Å²) in [7, 11) is 0. The number of aromatic nitrogens is 1. The standard InChI is InChI=1S/C18H22N4O2S/c19-8-9-20-16(23)14-7-4-10-22(11-14)18(24)15-12-25-17(21-15)13-5-2-1-3-6-13/h1-3,5-6,12,14H,4,7-11,19H2,(H,20,23). The molecule has 1 aromatic carbocycles. The smallest absolute Gasteiger partial charge is 0.273 e. The van der Waals surface area contributed by atoms with Crippen LogP contribution in [0, 0.1) is 5.92 Å². The molecular weight excluding hydrogens is 336 g/mol. The number of nitrogens with two attached hydrogens (primary N) is 1. The summed E-state index contributed by atoms with van der Waals surface area (Å²) in [5.41, 5.74) is 6.88. The Kier molecular flexibility index (Phi) is 5.78. The van der Waals surface area contributed by atoms with E-state index in [0.29, 0.717) is 31.9 Å². The molecule has 1 fully saturated rings. The number of hydrogen-bond acceptors (Lipinski definition) is 5. The fraction of sp³-hybridized carbons (Fsp3) is 0.389. The number of nitrogens with zero attached hydrogens (tertiary/aromatic N) is 2. The van der Waals surface area contributed by atoms with Crippen molar-refractivity contribution in [1.82, 2.24) is 15.2 Å². The monoisotopic (exact) mass is 358 g/mol. The minimum absolute atomic E-state index is 0.0220. The number of thiazole rings is 1. The molecule has 1 atom stereocenters.